The van der Waals surface area contributed by atoms with Crippen molar-refractivity contribution in [2.24, 2.45) is 7.05 Å². The van der Waals surface area contributed by atoms with Crippen molar-refractivity contribution in [3.63, 3.8) is 0 Å². The zero-order valence-corrected chi connectivity index (χ0v) is 7.01. The molecule has 0 aromatic carbocycles. The Labute approximate surface area is 65.4 Å². The summed E-state index contributed by atoms with van der Waals surface area (Å²) >= 11 is 0. The van der Waals surface area contributed by atoms with E-state index in [0.29, 0.717) is 0 Å². The van der Waals surface area contributed by atoms with Gasteiger partial charge in [0.25, 0.3) is 0 Å². The van der Waals surface area contributed by atoms with Crippen LogP contribution in [0.15, 0.2) is 10.9 Å². The van der Waals surface area contributed by atoms with Gasteiger partial charge in [-0.2, -0.15) is 0 Å². The molecule has 1 aromatic rings. The van der Waals surface area contributed by atoms with Crippen LogP contribution in [0, 0.1) is 6.92 Å². The molecule has 11 heavy (non-hydrogen) atoms. The van der Waals surface area contributed by atoms with Gasteiger partial charge in [0, 0.05) is 12.7 Å². The molecular formula is C8H12N2O. The molecule has 60 valence electrons. The van der Waals surface area contributed by atoms with Crippen LogP contribution < -0.4 is 5.69 Å². The summed E-state index contributed by atoms with van der Waals surface area (Å²) in [6, 6.07) is 0. The van der Waals surface area contributed by atoms with Crippen LogP contribution >= 0.6 is 0 Å². The normalized spacial score (nSPS) is 11.2. The fourth-order valence-electron chi connectivity index (χ4n) is 0.951. The summed E-state index contributed by atoms with van der Waals surface area (Å²) in [6.07, 6.45) is 3.79. The van der Waals surface area contributed by atoms with Crippen LogP contribution in [0.2, 0.25) is 0 Å². The molecule has 0 saturated heterocycles. The third-order valence-corrected chi connectivity index (χ3v) is 1.77. The van der Waals surface area contributed by atoms with Gasteiger partial charge in [-0.05, 0) is 19.9 Å². The van der Waals surface area contributed by atoms with Crippen LogP contribution in [0.3, 0.4) is 0 Å². The zero-order chi connectivity index (χ0) is 8.43. The quantitative estimate of drug-likeness (QED) is 0.641. The Morgan fingerprint density at radius 1 is 1.55 bits per heavy atom. The molecule has 0 spiro atoms. The number of nitrogens with zero attached hydrogens (tertiary/aromatic N) is 1. The molecule has 0 bridgehead atoms. The molecule has 0 aliphatic carbocycles. The van der Waals surface area contributed by atoms with Crippen LogP contribution in [0.1, 0.15) is 18.3 Å². The molecule has 0 amide bonds. The summed E-state index contributed by atoms with van der Waals surface area (Å²) in [4.78, 5) is 13.7. The van der Waals surface area contributed by atoms with Gasteiger partial charge >= 0.3 is 5.69 Å². The lowest BCUT2D eigenvalue weighted by Gasteiger charge is -1.91. The number of aromatic amines is 1. The van der Waals surface area contributed by atoms with E-state index in [4.69, 9.17) is 0 Å². The van der Waals surface area contributed by atoms with E-state index in [1.165, 1.54) is 0 Å². The third-order valence-electron chi connectivity index (χ3n) is 1.77. The minimum absolute atomic E-state index is 0.0596. The van der Waals surface area contributed by atoms with Gasteiger partial charge < -0.3 is 4.98 Å². The number of imidazole rings is 1. The molecule has 0 aliphatic rings. The highest BCUT2D eigenvalue weighted by Gasteiger charge is 2.01. The Kier molecular flexibility index (Phi) is 1.98. The first-order valence-corrected chi connectivity index (χ1v) is 3.55. The van der Waals surface area contributed by atoms with Crippen molar-refractivity contribution in [2.75, 3.05) is 0 Å². The molecule has 0 atom stereocenters. The number of aromatic nitrogens is 2. The summed E-state index contributed by atoms with van der Waals surface area (Å²) in [5, 5.41) is 0. The van der Waals surface area contributed by atoms with Crippen molar-refractivity contribution >= 4 is 6.08 Å². The fourth-order valence-corrected chi connectivity index (χ4v) is 0.951. The minimum atomic E-state index is -0.0596. The molecule has 3 heteroatoms. The number of allylic oxidation sites excluding steroid dienone is 1. The summed E-state index contributed by atoms with van der Waals surface area (Å²) in [5.74, 6) is 0. The van der Waals surface area contributed by atoms with Gasteiger partial charge in [0.15, 0.2) is 0 Å². The molecule has 0 unspecified atom stereocenters. The minimum Gasteiger partial charge on any atom is -0.306 e. The molecule has 1 rings (SSSR count). The van der Waals surface area contributed by atoms with E-state index < -0.39 is 0 Å². The third kappa shape index (κ3) is 1.27. The van der Waals surface area contributed by atoms with Gasteiger partial charge in [0.2, 0.25) is 0 Å². The summed E-state index contributed by atoms with van der Waals surface area (Å²) in [5.41, 5.74) is 1.80. The molecule has 1 aromatic heterocycles. The van der Waals surface area contributed by atoms with E-state index in [0.717, 1.165) is 11.4 Å². The predicted octanol–water partition coefficient (Wildman–Crippen LogP) is 1.05. The van der Waals surface area contributed by atoms with Gasteiger partial charge in [0.1, 0.15) is 0 Å². The standard InChI is InChI=1S/C8H12N2O/c1-4-5-7-6(2)10(3)8(11)9-7/h4-5H,1-3H3,(H,9,11). The number of hydrogen-bond acceptors (Lipinski definition) is 1. The monoisotopic (exact) mass is 152 g/mol. The smallest absolute Gasteiger partial charge is 0.306 e. The lowest BCUT2D eigenvalue weighted by atomic mass is 10.3. The molecule has 0 aliphatic heterocycles. The van der Waals surface area contributed by atoms with Crippen LogP contribution in [0.5, 0.6) is 0 Å². The Morgan fingerprint density at radius 3 is 2.55 bits per heavy atom. The first-order valence-electron chi connectivity index (χ1n) is 3.55. The molecule has 3 nitrogen and oxygen atoms in total. The summed E-state index contributed by atoms with van der Waals surface area (Å²) in [6.45, 7) is 3.83. The number of H-pyrrole nitrogens is 1. The maximum Gasteiger partial charge on any atom is 0.325 e. The molecule has 0 radical (unpaired) electrons. The summed E-state index contributed by atoms with van der Waals surface area (Å²) < 4.78 is 1.59. The number of nitrogens with one attached hydrogen (secondary N) is 1. The Hall–Kier alpha value is -1.25. The lowest BCUT2D eigenvalue weighted by Crippen LogP contribution is -2.12. The van der Waals surface area contributed by atoms with Crippen molar-refractivity contribution < 1.29 is 0 Å². The van der Waals surface area contributed by atoms with Gasteiger partial charge in [0.05, 0.1) is 5.69 Å². The average Bonchev–Trinajstić information content (AvgIpc) is 2.19. The Bertz CT molecular complexity index is 330. The fraction of sp³-hybridized carbons (Fsp3) is 0.375. The SMILES string of the molecule is CC=Cc1[nH]c(=O)n(C)c1C. The zero-order valence-electron chi connectivity index (χ0n) is 7.01. The Balaban J connectivity index is 3.30. The lowest BCUT2D eigenvalue weighted by molar-refractivity contribution is 0.830. The van der Waals surface area contributed by atoms with Crippen molar-refractivity contribution in [3.05, 3.63) is 27.9 Å². The molecule has 1 heterocycles. The first kappa shape index (κ1) is 7.85. The number of rotatable bonds is 1. The van der Waals surface area contributed by atoms with E-state index in [2.05, 4.69) is 4.98 Å². The second-order valence-electron chi connectivity index (χ2n) is 2.49. The average molecular weight is 152 g/mol. The van der Waals surface area contributed by atoms with Crippen molar-refractivity contribution in [3.8, 4) is 0 Å². The predicted molar refractivity (Wildman–Crippen MR) is 45.5 cm³/mol. The molecule has 0 saturated carbocycles. The topological polar surface area (TPSA) is 37.8 Å². The molecule has 1 N–H and O–H groups in total. The maximum absolute atomic E-state index is 11.0. The van der Waals surface area contributed by atoms with Crippen molar-refractivity contribution in [1.82, 2.24) is 9.55 Å². The van der Waals surface area contributed by atoms with Crippen molar-refractivity contribution in [1.29, 1.82) is 0 Å². The van der Waals surface area contributed by atoms with Gasteiger partial charge in [-0.15, -0.1) is 0 Å². The maximum atomic E-state index is 11.0. The van der Waals surface area contributed by atoms with Crippen molar-refractivity contribution in [2.45, 2.75) is 13.8 Å². The number of hydrogen-bond donors (Lipinski definition) is 1. The van der Waals surface area contributed by atoms with Crippen LogP contribution in [0.25, 0.3) is 6.08 Å². The van der Waals surface area contributed by atoms with E-state index in [1.54, 1.807) is 11.6 Å². The van der Waals surface area contributed by atoms with E-state index in [-0.39, 0.29) is 5.69 Å². The highest BCUT2D eigenvalue weighted by molar-refractivity contribution is 5.46. The van der Waals surface area contributed by atoms with Gasteiger partial charge in [-0.1, -0.05) is 6.08 Å². The molecular weight excluding hydrogens is 140 g/mol. The summed E-state index contributed by atoms with van der Waals surface area (Å²) in [7, 11) is 1.75. The second-order valence-corrected chi connectivity index (χ2v) is 2.49. The first-order chi connectivity index (χ1) is 5.16. The molecule has 0 fully saturated rings. The van der Waals surface area contributed by atoms with Crippen LogP contribution in [-0.4, -0.2) is 9.55 Å². The van der Waals surface area contributed by atoms with Gasteiger partial charge in [-0.25, -0.2) is 4.79 Å². The second kappa shape index (κ2) is 2.78. The largest absolute Gasteiger partial charge is 0.325 e. The highest BCUT2D eigenvalue weighted by atomic mass is 16.1. The highest BCUT2D eigenvalue weighted by Crippen LogP contribution is 2.01. The van der Waals surface area contributed by atoms with E-state index >= 15 is 0 Å². The van der Waals surface area contributed by atoms with Crippen LogP contribution in [0.4, 0.5) is 0 Å². The van der Waals surface area contributed by atoms with Gasteiger partial charge in [-0.3, -0.25) is 4.57 Å². The van der Waals surface area contributed by atoms with Crippen LogP contribution in [-0.2, 0) is 7.05 Å². The van der Waals surface area contributed by atoms with E-state index in [9.17, 15) is 4.79 Å². The Morgan fingerprint density at radius 2 is 2.18 bits per heavy atom. The van der Waals surface area contributed by atoms with E-state index in [1.807, 2.05) is 26.0 Å².